The second-order valence-electron chi connectivity index (χ2n) is 7.90. The van der Waals surface area contributed by atoms with Crippen LogP contribution in [0.5, 0.6) is 11.8 Å². The Kier molecular flexibility index (Phi) is 7.79. The number of aryl methyl sites for hydroxylation is 2. The SMILES string of the molecule is CCO[C@@H]1CN(c2nccs2)C[C@H]1Nc1nc(CC)c(-c2ccc(OC)nc2OC)nc1CC. The van der Waals surface area contributed by atoms with Gasteiger partial charge in [-0.3, -0.25) is 0 Å². The summed E-state index contributed by atoms with van der Waals surface area (Å²) in [5, 5.41) is 6.67. The van der Waals surface area contributed by atoms with Gasteiger partial charge >= 0.3 is 0 Å². The molecule has 0 spiro atoms. The van der Waals surface area contributed by atoms with Crippen LogP contribution in [0.15, 0.2) is 23.7 Å². The van der Waals surface area contributed by atoms with Crippen LogP contribution in [0.1, 0.15) is 32.2 Å². The average molecular weight is 485 g/mol. The van der Waals surface area contributed by atoms with Crippen LogP contribution in [0.3, 0.4) is 0 Å². The molecule has 2 atom stereocenters. The topological polar surface area (TPSA) is 94.5 Å². The van der Waals surface area contributed by atoms with Crippen molar-refractivity contribution in [2.24, 2.45) is 0 Å². The van der Waals surface area contributed by atoms with Crippen LogP contribution in [0.2, 0.25) is 0 Å². The first-order valence-electron chi connectivity index (χ1n) is 11.6. The molecule has 1 saturated heterocycles. The molecule has 0 bridgehead atoms. The van der Waals surface area contributed by atoms with E-state index in [4.69, 9.17) is 24.2 Å². The Hall–Kier alpha value is -2.98. The molecule has 182 valence electrons. The lowest BCUT2D eigenvalue weighted by Gasteiger charge is -2.22. The zero-order chi connectivity index (χ0) is 24.1. The molecule has 1 N–H and O–H groups in total. The minimum Gasteiger partial charge on any atom is -0.481 e. The number of nitrogens with one attached hydrogen (secondary N) is 1. The fraction of sp³-hybridized carbons (Fsp3) is 0.500. The molecule has 0 aliphatic carbocycles. The molecule has 4 rings (SSSR count). The number of thiazole rings is 1. The number of rotatable bonds is 10. The van der Waals surface area contributed by atoms with Crippen molar-refractivity contribution in [2.75, 3.05) is 44.1 Å². The van der Waals surface area contributed by atoms with Crippen molar-refractivity contribution in [1.82, 2.24) is 19.9 Å². The minimum absolute atomic E-state index is 0.0380. The number of aromatic nitrogens is 4. The summed E-state index contributed by atoms with van der Waals surface area (Å²) < 4.78 is 16.9. The van der Waals surface area contributed by atoms with Gasteiger partial charge in [0.05, 0.1) is 49.0 Å². The maximum Gasteiger partial charge on any atom is 0.226 e. The summed E-state index contributed by atoms with van der Waals surface area (Å²) in [6.45, 7) is 8.44. The maximum absolute atomic E-state index is 6.08. The lowest BCUT2D eigenvalue weighted by Crippen LogP contribution is -2.35. The monoisotopic (exact) mass is 484 g/mol. The molecular weight excluding hydrogens is 452 g/mol. The smallest absolute Gasteiger partial charge is 0.226 e. The lowest BCUT2D eigenvalue weighted by molar-refractivity contribution is 0.0719. The Morgan fingerprint density at radius 3 is 2.50 bits per heavy atom. The van der Waals surface area contributed by atoms with E-state index >= 15 is 0 Å². The summed E-state index contributed by atoms with van der Waals surface area (Å²) in [6, 6.07) is 3.82. The largest absolute Gasteiger partial charge is 0.481 e. The third-order valence-electron chi connectivity index (χ3n) is 5.86. The van der Waals surface area contributed by atoms with Gasteiger partial charge < -0.3 is 24.4 Å². The third kappa shape index (κ3) is 4.92. The van der Waals surface area contributed by atoms with Gasteiger partial charge in [-0.2, -0.15) is 4.98 Å². The van der Waals surface area contributed by atoms with Gasteiger partial charge in [0.25, 0.3) is 0 Å². The number of anilines is 2. The van der Waals surface area contributed by atoms with Gasteiger partial charge in [0.1, 0.15) is 5.82 Å². The molecule has 3 aromatic heterocycles. The van der Waals surface area contributed by atoms with Crippen LogP contribution in [0.25, 0.3) is 11.3 Å². The first kappa shape index (κ1) is 24.2. The molecule has 1 aliphatic rings. The molecule has 3 aromatic rings. The van der Waals surface area contributed by atoms with Crippen molar-refractivity contribution in [3.8, 4) is 23.0 Å². The zero-order valence-corrected chi connectivity index (χ0v) is 21.2. The van der Waals surface area contributed by atoms with E-state index in [-0.39, 0.29) is 12.1 Å². The van der Waals surface area contributed by atoms with Crippen molar-refractivity contribution in [3.63, 3.8) is 0 Å². The summed E-state index contributed by atoms with van der Waals surface area (Å²) in [7, 11) is 3.19. The Labute approximate surface area is 204 Å². The Morgan fingerprint density at radius 2 is 1.85 bits per heavy atom. The highest BCUT2D eigenvalue weighted by atomic mass is 32.1. The number of ether oxygens (including phenoxy) is 3. The zero-order valence-electron chi connectivity index (χ0n) is 20.4. The molecule has 0 radical (unpaired) electrons. The molecule has 0 amide bonds. The van der Waals surface area contributed by atoms with Crippen LogP contribution >= 0.6 is 11.3 Å². The molecule has 0 saturated carbocycles. The molecule has 0 aromatic carbocycles. The van der Waals surface area contributed by atoms with Crippen molar-refractivity contribution in [2.45, 2.75) is 45.8 Å². The van der Waals surface area contributed by atoms with E-state index in [2.05, 4.69) is 34.0 Å². The highest BCUT2D eigenvalue weighted by molar-refractivity contribution is 7.13. The Balaban J connectivity index is 1.67. The van der Waals surface area contributed by atoms with Gasteiger partial charge in [-0.25, -0.2) is 15.0 Å². The fourth-order valence-corrected chi connectivity index (χ4v) is 4.86. The second kappa shape index (κ2) is 11.0. The van der Waals surface area contributed by atoms with Crippen LogP contribution in [-0.4, -0.2) is 66.0 Å². The van der Waals surface area contributed by atoms with Gasteiger partial charge in [0, 0.05) is 37.3 Å². The fourth-order valence-electron chi connectivity index (χ4n) is 4.20. The van der Waals surface area contributed by atoms with Gasteiger partial charge in [-0.15, -0.1) is 11.3 Å². The molecular formula is C24H32N6O3S. The maximum atomic E-state index is 6.08. The molecule has 10 heteroatoms. The standard InChI is InChI=1S/C24H32N6O3S/c1-6-16-21(15-9-10-20(31-4)29-23(15)32-5)26-17(7-2)22(27-16)28-18-13-30(14-19(18)33-8-3)24-25-11-12-34-24/h9-12,18-19H,6-8,13-14H2,1-5H3,(H,27,28)/t18-,19-/m1/s1. The van der Waals surface area contributed by atoms with Gasteiger partial charge in [0.15, 0.2) is 5.13 Å². The van der Waals surface area contributed by atoms with E-state index in [9.17, 15) is 0 Å². The van der Waals surface area contributed by atoms with Crippen LogP contribution in [0.4, 0.5) is 10.9 Å². The van der Waals surface area contributed by atoms with E-state index < -0.39 is 0 Å². The molecule has 4 heterocycles. The van der Waals surface area contributed by atoms with Gasteiger partial charge in [-0.1, -0.05) is 13.8 Å². The average Bonchev–Trinajstić information content (AvgIpc) is 3.54. The predicted molar refractivity (Wildman–Crippen MR) is 134 cm³/mol. The quantitative estimate of drug-likeness (QED) is 0.460. The Morgan fingerprint density at radius 1 is 1.03 bits per heavy atom. The summed E-state index contributed by atoms with van der Waals surface area (Å²) in [6.07, 6.45) is 3.34. The Bertz CT molecular complexity index is 1090. The number of pyridine rings is 1. The number of hydrogen-bond acceptors (Lipinski definition) is 10. The van der Waals surface area contributed by atoms with E-state index in [1.807, 2.05) is 30.6 Å². The first-order chi connectivity index (χ1) is 16.6. The number of hydrogen-bond donors (Lipinski definition) is 1. The highest BCUT2D eigenvalue weighted by Crippen LogP contribution is 2.33. The van der Waals surface area contributed by atoms with E-state index in [1.165, 1.54) is 0 Å². The van der Waals surface area contributed by atoms with Crippen LogP contribution in [0, 0.1) is 0 Å². The molecule has 9 nitrogen and oxygen atoms in total. The summed E-state index contributed by atoms with van der Waals surface area (Å²) >= 11 is 1.64. The third-order valence-corrected chi connectivity index (χ3v) is 6.69. The summed E-state index contributed by atoms with van der Waals surface area (Å²) in [5.74, 6) is 1.77. The number of nitrogens with zero attached hydrogens (tertiary/aromatic N) is 5. The number of methoxy groups -OCH3 is 2. The van der Waals surface area contributed by atoms with Crippen molar-refractivity contribution in [1.29, 1.82) is 0 Å². The van der Waals surface area contributed by atoms with E-state index in [1.54, 1.807) is 25.6 Å². The first-order valence-corrected chi connectivity index (χ1v) is 12.5. The van der Waals surface area contributed by atoms with Gasteiger partial charge in [0.2, 0.25) is 11.8 Å². The summed E-state index contributed by atoms with van der Waals surface area (Å²) in [4.78, 5) is 21.2. The molecule has 1 fully saturated rings. The van der Waals surface area contributed by atoms with Gasteiger partial charge in [-0.05, 0) is 25.8 Å². The summed E-state index contributed by atoms with van der Waals surface area (Å²) in [5.41, 5.74) is 3.37. The second-order valence-corrected chi connectivity index (χ2v) is 8.77. The minimum atomic E-state index is 0.0380. The van der Waals surface area contributed by atoms with Crippen molar-refractivity contribution < 1.29 is 14.2 Å². The van der Waals surface area contributed by atoms with E-state index in [0.717, 1.165) is 59.5 Å². The normalized spacial score (nSPS) is 17.7. The van der Waals surface area contributed by atoms with Crippen molar-refractivity contribution in [3.05, 3.63) is 35.1 Å². The lowest BCUT2D eigenvalue weighted by atomic mass is 10.1. The molecule has 0 unspecified atom stereocenters. The molecule has 34 heavy (non-hydrogen) atoms. The van der Waals surface area contributed by atoms with E-state index in [0.29, 0.717) is 18.4 Å². The molecule has 1 aliphatic heterocycles. The predicted octanol–water partition coefficient (Wildman–Crippen LogP) is 3.84. The van der Waals surface area contributed by atoms with Crippen molar-refractivity contribution >= 4 is 22.3 Å². The van der Waals surface area contributed by atoms with Crippen LogP contribution < -0.4 is 19.7 Å². The van der Waals surface area contributed by atoms with Crippen LogP contribution in [-0.2, 0) is 17.6 Å². The highest BCUT2D eigenvalue weighted by Gasteiger charge is 2.35.